The van der Waals surface area contributed by atoms with E-state index in [1.165, 1.54) is 12.4 Å². The number of benzene rings is 1. The van der Waals surface area contributed by atoms with Gasteiger partial charge in [0.2, 0.25) is 0 Å². The average molecular weight is 351 g/mol. The van der Waals surface area contributed by atoms with E-state index in [9.17, 15) is 13.2 Å². The second-order valence-corrected chi connectivity index (χ2v) is 5.43. The van der Waals surface area contributed by atoms with Crippen LogP contribution in [0.25, 0.3) is 0 Å². The molecule has 0 saturated heterocycles. The Morgan fingerprint density at radius 2 is 1.84 bits per heavy atom. The molecular weight excluding hydrogens is 343 g/mol. The Bertz CT molecular complexity index is 583. The van der Waals surface area contributed by atoms with Gasteiger partial charge >= 0.3 is 0 Å². The molecule has 0 amide bonds. The fourth-order valence-corrected chi connectivity index (χ4v) is 2.70. The van der Waals surface area contributed by atoms with Crippen molar-refractivity contribution >= 4 is 27.5 Å². The third-order valence-corrected chi connectivity index (χ3v) is 3.73. The summed E-state index contributed by atoms with van der Waals surface area (Å²) in [6.07, 6.45) is 3.26. The van der Waals surface area contributed by atoms with Crippen LogP contribution in [0.1, 0.15) is 16.0 Å². The summed E-state index contributed by atoms with van der Waals surface area (Å²) in [5.74, 6) is -2.80. The van der Waals surface area contributed by atoms with Crippen molar-refractivity contribution in [3.05, 3.63) is 64.2 Å². The molecule has 0 radical (unpaired) electrons. The van der Waals surface area contributed by atoms with Crippen molar-refractivity contribution in [2.45, 2.75) is 11.2 Å². The lowest BCUT2D eigenvalue weighted by Gasteiger charge is -2.13. The quantitative estimate of drug-likeness (QED) is 0.723. The van der Waals surface area contributed by atoms with E-state index in [4.69, 9.17) is 11.6 Å². The number of rotatable bonds is 3. The summed E-state index contributed by atoms with van der Waals surface area (Å²) in [4.78, 5) is 3.18. The minimum Gasteiger partial charge on any atom is -0.263 e. The summed E-state index contributed by atoms with van der Waals surface area (Å²) in [5, 5.41) is 0.412. The molecule has 0 N–H and O–H groups in total. The van der Waals surface area contributed by atoms with Crippen LogP contribution in [0, 0.1) is 17.5 Å². The van der Waals surface area contributed by atoms with Gasteiger partial charge in [0.1, 0.15) is 17.5 Å². The van der Waals surface area contributed by atoms with Crippen LogP contribution in [0.2, 0.25) is 5.02 Å². The van der Waals surface area contributed by atoms with E-state index in [-0.39, 0.29) is 12.0 Å². The molecule has 0 bridgehead atoms. The molecule has 100 valence electrons. The first kappa shape index (κ1) is 14.3. The lowest BCUT2D eigenvalue weighted by molar-refractivity contribution is 0.522. The number of hydrogen-bond donors (Lipinski definition) is 0. The Hall–Kier alpha value is -1.07. The Balaban J connectivity index is 2.31. The van der Waals surface area contributed by atoms with E-state index in [0.717, 1.165) is 0 Å². The largest absolute Gasteiger partial charge is 0.263 e. The maximum Gasteiger partial charge on any atom is 0.133 e. The molecule has 2 rings (SSSR count). The van der Waals surface area contributed by atoms with Crippen LogP contribution in [0.4, 0.5) is 13.2 Å². The summed E-state index contributed by atoms with van der Waals surface area (Å²) in [5.41, 5.74) is 0.482. The fraction of sp³-hybridized carbons (Fsp3) is 0.154. The van der Waals surface area contributed by atoms with Gasteiger partial charge in [-0.3, -0.25) is 4.98 Å². The van der Waals surface area contributed by atoms with Crippen molar-refractivity contribution in [3.63, 3.8) is 0 Å². The lowest BCUT2D eigenvalue weighted by Crippen LogP contribution is -2.03. The molecule has 0 saturated carbocycles. The van der Waals surface area contributed by atoms with Crippen molar-refractivity contribution in [2.75, 3.05) is 0 Å². The molecule has 1 aromatic carbocycles. The van der Waals surface area contributed by atoms with E-state index < -0.39 is 22.3 Å². The Labute approximate surface area is 121 Å². The highest BCUT2D eigenvalue weighted by Crippen LogP contribution is 2.33. The van der Waals surface area contributed by atoms with E-state index in [1.54, 1.807) is 6.07 Å². The Morgan fingerprint density at radius 3 is 2.42 bits per heavy atom. The minimum atomic E-state index is -0.944. The van der Waals surface area contributed by atoms with Gasteiger partial charge in [0.05, 0.1) is 5.02 Å². The van der Waals surface area contributed by atoms with Crippen LogP contribution in [0.15, 0.2) is 30.6 Å². The standard InChI is InChI=1S/C13H8BrClF3N/c14-9(3-7-1-2-19-6-10(7)15)13-11(17)4-8(16)5-12(13)18/h1-2,4-6,9H,3H2. The normalized spacial score (nSPS) is 12.5. The monoisotopic (exact) mass is 349 g/mol. The van der Waals surface area contributed by atoms with Gasteiger partial charge in [0.15, 0.2) is 0 Å². The maximum absolute atomic E-state index is 13.6. The number of alkyl halides is 1. The zero-order chi connectivity index (χ0) is 14.0. The second kappa shape index (κ2) is 5.92. The number of hydrogen-bond acceptors (Lipinski definition) is 1. The smallest absolute Gasteiger partial charge is 0.133 e. The molecule has 1 aromatic heterocycles. The molecule has 0 spiro atoms. The fourth-order valence-electron chi connectivity index (χ4n) is 1.72. The molecule has 1 heterocycles. The highest BCUT2D eigenvalue weighted by atomic mass is 79.9. The molecule has 2 aromatic rings. The van der Waals surface area contributed by atoms with Crippen molar-refractivity contribution in [3.8, 4) is 0 Å². The summed E-state index contributed by atoms with van der Waals surface area (Å²) in [6.45, 7) is 0. The number of nitrogens with zero attached hydrogens (tertiary/aromatic N) is 1. The van der Waals surface area contributed by atoms with Crippen molar-refractivity contribution in [1.29, 1.82) is 0 Å². The van der Waals surface area contributed by atoms with E-state index in [2.05, 4.69) is 20.9 Å². The third kappa shape index (κ3) is 3.28. The van der Waals surface area contributed by atoms with Gasteiger partial charge in [0, 0.05) is 34.9 Å². The minimum absolute atomic E-state index is 0.214. The first-order valence-electron chi connectivity index (χ1n) is 5.36. The molecule has 1 atom stereocenters. The van der Waals surface area contributed by atoms with Crippen molar-refractivity contribution < 1.29 is 13.2 Å². The predicted octanol–water partition coefficient (Wildman–Crippen LogP) is 4.83. The van der Waals surface area contributed by atoms with Gasteiger partial charge in [-0.05, 0) is 18.1 Å². The van der Waals surface area contributed by atoms with Crippen LogP contribution >= 0.6 is 27.5 Å². The van der Waals surface area contributed by atoms with E-state index in [0.29, 0.717) is 22.7 Å². The first-order valence-corrected chi connectivity index (χ1v) is 6.65. The molecule has 0 aliphatic rings. The zero-order valence-electron chi connectivity index (χ0n) is 9.51. The Morgan fingerprint density at radius 1 is 1.21 bits per heavy atom. The number of aromatic nitrogens is 1. The SMILES string of the molecule is Fc1cc(F)c(C(Br)Cc2ccncc2Cl)c(F)c1. The van der Waals surface area contributed by atoms with Gasteiger partial charge in [-0.15, -0.1) is 0 Å². The van der Waals surface area contributed by atoms with Crippen molar-refractivity contribution in [1.82, 2.24) is 4.98 Å². The molecule has 1 unspecified atom stereocenters. The van der Waals surface area contributed by atoms with E-state index >= 15 is 0 Å². The zero-order valence-corrected chi connectivity index (χ0v) is 11.9. The summed E-state index contributed by atoms with van der Waals surface area (Å²) in [7, 11) is 0. The van der Waals surface area contributed by atoms with Gasteiger partial charge in [-0.2, -0.15) is 0 Å². The first-order chi connectivity index (χ1) is 8.99. The molecule has 1 nitrogen and oxygen atoms in total. The van der Waals surface area contributed by atoms with Crippen LogP contribution < -0.4 is 0 Å². The topological polar surface area (TPSA) is 12.9 Å². The second-order valence-electron chi connectivity index (χ2n) is 3.92. The lowest BCUT2D eigenvalue weighted by atomic mass is 10.0. The molecule has 19 heavy (non-hydrogen) atoms. The van der Waals surface area contributed by atoms with Crippen molar-refractivity contribution in [2.24, 2.45) is 0 Å². The highest BCUT2D eigenvalue weighted by Gasteiger charge is 2.20. The number of halogens is 5. The van der Waals surface area contributed by atoms with Gasteiger partial charge < -0.3 is 0 Å². The van der Waals surface area contributed by atoms with Gasteiger partial charge in [0.25, 0.3) is 0 Å². The van der Waals surface area contributed by atoms with Gasteiger partial charge in [-0.1, -0.05) is 27.5 Å². The summed E-state index contributed by atoms with van der Waals surface area (Å²) >= 11 is 9.13. The molecule has 0 fully saturated rings. The molecule has 0 aliphatic heterocycles. The number of pyridine rings is 1. The molecule has 0 aliphatic carbocycles. The van der Waals surface area contributed by atoms with Gasteiger partial charge in [-0.25, -0.2) is 13.2 Å². The third-order valence-electron chi connectivity index (χ3n) is 2.61. The van der Waals surface area contributed by atoms with E-state index in [1.807, 2.05) is 0 Å². The van der Waals surface area contributed by atoms with Crippen LogP contribution in [-0.2, 0) is 6.42 Å². The summed E-state index contributed by atoms with van der Waals surface area (Å²) < 4.78 is 40.1. The van der Waals surface area contributed by atoms with Crippen LogP contribution in [0.5, 0.6) is 0 Å². The maximum atomic E-state index is 13.6. The van der Waals surface area contributed by atoms with Crippen LogP contribution in [-0.4, -0.2) is 4.98 Å². The van der Waals surface area contributed by atoms with Crippen LogP contribution in [0.3, 0.4) is 0 Å². The molecule has 6 heteroatoms. The molecular formula is C13H8BrClF3N. The average Bonchev–Trinajstić information content (AvgIpc) is 2.30. The Kier molecular flexibility index (Phi) is 4.47. The predicted molar refractivity (Wildman–Crippen MR) is 70.9 cm³/mol. The summed E-state index contributed by atoms with van der Waals surface area (Å²) in [6, 6.07) is 2.97. The highest BCUT2D eigenvalue weighted by molar-refractivity contribution is 9.09.